The molecular weight excluding hydrogens is 600 g/mol. The Bertz CT molecular complexity index is 1290. The van der Waals surface area contributed by atoms with Crippen molar-refractivity contribution >= 4 is 11.9 Å². The highest BCUT2D eigenvalue weighted by Crippen LogP contribution is 2.76. The molecule has 0 unspecified atom stereocenters. The van der Waals surface area contributed by atoms with Gasteiger partial charge >= 0.3 is 11.9 Å². The van der Waals surface area contributed by atoms with Gasteiger partial charge in [-0.25, -0.2) is 0 Å². The Morgan fingerprint density at radius 1 is 0.915 bits per heavy atom. The van der Waals surface area contributed by atoms with E-state index < -0.39 is 54.7 Å². The van der Waals surface area contributed by atoms with Crippen molar-refractivity contribution in [2.45, 2.75) is 156 Å². The first kappa shape index (κ1) is 35.3. The Morgan fingerprint density at radius 3 is 2.23 bits per heavy atom. The van der Waals surface area contributed by atoms with Crippen molar-refractivity contribution in [3.8, 4) is 0 Å². The number of carboxylic acids is 1. The standard InChI is InChI=1S/C38H60O9/c1-21(40)45-30-29(42)28(41)24(20-39)46-31(30)47-27-12-13-35(6)25(34(27,4)5)11-14-37(8)26(35)10-9-22-23-19-33(2,3)15-17-38(23,32(43)44)18-16-36(22,37)7/h9,23-31,39,41-42H,10-20H2,1-8H3,(H,43,44)/t23-,24+,25-,26+,27-,28+,29-,30+,31-,35-,36+,37+,38-/m0/s1. The smallest absolute Gasteiger partial charge is 0.310 e. The summed E-state index contributed by atoms with van der Waals surface area (Å²) in [5, 5.41) is 41.8. The molecule has 5 aliphatic carbocycles. The molecule has 1 aliphatic heterocycles. The number of carbonyl (C=O) groups is 2. The van der Waals surface area contributed by atoms with Gasteiger partial charge in [0.15, 0.2) is 12.4 Å². The van der Waals surface area contributed by atoms with Crippen molar-refractivity contribution in [3.63, 3.8) is 0 Å². The van der Waals surface area contributed by atoms with Gasteiger partial charge in [0.05, 0.1) is 18.1 Å². The summed E-state index contributed by atoms with van der Waals surface area (Å²) >= 11 is 0. The lowest BCUT2D eigenvalue weighted by molar-refractivity contribution is -0.331. The lowest BCUT2D eigenvalue weighted by Gasteiger charge is -2.71. The van der Waals surface area contributed by atoms with Crippen LogP contribution in [-0.4, -0.2) is 75.8 Å². The first-order valence-electron chi connectivity index (χ1n) is 18.2. The fourth-order valence-corrected chi connectivity index (χ4v) is 12.5. The van der Waals surface area contributed by atoms with Crippen LogP contribution in [0, 0.1) is 50.2 Å². The molecule has 0 aromatic heterocycles. The van der Waals surface area contributed by atoms with Crippen LogP contribution in [0.25, 0.3) is 0 Å². The monoisotopic (exact) mass is 660 g/mol. The summed E-state index contributed by atoms with van der Waals surface area (Å²) in [6.07, 6.45) is 5.10. The molecule has 1 heterocycles. The number of allylic oxidation sites excluding steroid dienone is 2. The summed E-state index contributed by atoms with van der Waals surface area (Å²) in [6.45, 7) is 17.4. The molecule has 0 radical (unpaired) electrons. The van der Waals surface area contributed by atoms with E-state index in [1.54, 1.807) is 0 Å². The number of aliphatic hydroxyl groups excluding tert-OH is 3. The molecule has 1 saturated heterocycles. The van der Waals surface area contributed by atoms with Crippen LogP contribution in [0.3, 0.4) is 0 Å². The van der Waals surface area contributed by atoms with E-state index in [9.17, 15) is 30.0 Å². The topological polar surface area (TPSA) is 143 Å². The summed E-state index contributed by atoms with van der Waals surface area (Å²) in [5.41, 5.74) is 0.654. The number of esters is 1. The van der Waals surface area contributed by atoms with Crippen molar-refractivity contribution in [1.29, 1.82) is 0 Å². The van der Waals surface area contributed by atoms with Crippen LogP contribution in [0.5, 0.6) is 0 Å². The number of rotatable bonds is 5. The number of hydrogen-bond acceptors (Lipinski definition) is 8. The van der Waals surface area contributed by atoms with E-state index in [1.807, 2.05) is 0 Å². The van der Waals surface area contributed by atoms with Crippen molar-refractivity contribution in [2.75, 3.05) is 6.61 Å². The highest BCUT2D eigenvalue weighted by molar-refractivity contribution is 5.76. The predicted molar refractivity (Wildman–Crippen MR) is 175 cm³/mol. The molecule has 9 nitrogen and oxygen atoms in total. The minimum Gasteiger partial charge on any atom is -0.481 e. The first-order chi connectivity index (χ1) is 21.8. The molecule has 0 aromatic carbocycles. The van der Waals surface area contributed by atoms with Crippen molar-refractivity contribution in [1.82, 2.24) is 0 Å². The van der Waals surface area contributed by atoms with Gasteiger partial charge in [-0.15, -0.1) is 0 Å². The van der Waals surface area contributed by atoms with Gasteiger partial charge in [0.2, 0.25) is 0 Å². The van der Waals surface area contributed by atoms with E-state index in [-0.39, 0.29) is 39.1 Å². The zero-order valence-corrected chi connectivity index (χ0v) is 29.9. The highest BCUT2D eigenvalue weighted by atomic mass is 16.7. The van der Waals surface area contributed by atoms with Gasteiger partial charge in [0.25, 0.3) is 0 Å². The quantitative estimate of drug-likeness (QED) is 0.168. The first-order valence-corrected chi connectivity index (χ1v) is 18.2. The van der Waals surface area contributed by atoms with Crippen LogP contribution < -0.4 is 0 Å². The Balaban J connectivity index is 1.29. The molecule has 9 heteroatoms. The van der Waals surface area contributed by atoms with Gasteiger partial charge in [-0.2, -0.15) is 0 Å². The Labute approximate surface area is 280 Å². The van der Waals surface area contributed by atoms with Crippen LogP contribution in [-0.2, 0) is 23.8 Å². The van der Waals surface area contributed by atoms with Crippen molar-refractivity contribution in [3.05, 3.63) is 11.6 Å². The summed E-state index contributed by atoms with van der Waals surface area (Å²) in [6, 6.07) is 0. The van der Waals surface area contributed by atoms with Crippen LogP contribution in [0.1, 0.15) is 120 Å². The summed E-state index contributed by atoms with van der Waals surface area (Å²) in [4.78, 5) is 24.9. The van der Waals surface area contributed by atoms with Crippen LogP contribution in [0.2, 0.25) is 0 Å². The molecule has 4 N–H and O–H groups in total. The molecule has 13 atom stereocenters. The fraction of sp³-hybridized carbons (Fsp3) is 0.895. The molecule has 0 spiro atoms. The average molecular weight is 661 g/mol. The van der Waals surface area contributed by atoms with Crippen molar-refractivity contribution < 1.29 is 44.2 Å². The maximum atomic E-state index is 13.0. The Hall–Kier alpha value is -1.52. The third-order valence-corrected chi connectivity index (χ3v) is 15.4. The van der Waals surface area contributed by atoms with Crippen LogP contribution in [0.15, 0.2) is 11.6 Å². The second kappa shape index (κ2) is 11.5. The molecule has 6 aliphatic rings. The molecule has 0 bridgehead atoms. The number of hydrogen-bond donors (Lipinski definition) is 4. The van der Waals surface area contributed by atoms with Gasteiger partial charge in [0.1, 0.15) is 18.3 Å². The average Bonchev–Trinajstić information content (AvgIpc) is 2.97. The van der Waals surface area contributed by atoms with E-state index >= 15 is 0 Å². The van der Waals surface area contributed by atoms with Gasteiger partial charge in [0, 0.05) is 6.92 Å². The van der Waals surface area contributed by atoms with Crippen LogP contribution >= 0.6 is 0 Å². The largest absolute Gasteiger partial charge is 0.481 e. The molecule has 0 amide bonds. The second-order valence-corrected chi connectivity index (χ2v) is 18.4. The zero-order chi connectivity index (χ0) is 34.5. The van der Waals surface area contributed by atoms with E-state index in [4.69, 9.17) is 14.2 Å². The van der Waals surface area contributed by atoms with Crippen molar-refractivity contribution in [2.24, 2.45) is 50.2 Å². The minimum atomic E-state index is -1.45. The normalized spacial score (nSPS) is 50.1. The number of aliphatic hydroxyl groups is 3. The number of carbonyl (C=O) groups excluding carboxylic acids is 1. The maximum Gasteiger partial charge on any atom is 0.310 e. The van der Waals surface area contributed by atoms with Gasteiger partial charge < -0.3 is 34.6 Å². The number of carboxylic acid groups (broad SMARTS) is 1. The molecule has 47 heavy (non-hydrogen) atoms. The third-order valence-electron chi connectivity index (χ3n) is 15.4. The molecule has 6 rings (SSSR count). The number of aliphatic carboxylic acids is 1. The zero-order valence-electron chi connectivity index (χ0n) is 29.9. The minimum absolute atomic E-state index is 0.0284. The molecule has 266 valence electrons. The lowest BCUT2D eigenvalue weighted by Crippen LogP contribution is -2.66. The second-order valence-electron chi connectivity index (χ2n) is 18.4. The molecule has 0 aromatic rings. The van der Waals surface area contributed by atoms with Gasteiger partial charge in [-0.05, 0) is 109 Å². The molecule has 4 saturated carbocycles. The fourth-order valence-electron chi connectivity index (χ4n) is 12.5. The van der Waals surface area contributed by atoms with Gasteiger partial charge in [-0.3, -0.25) is 9.59 Å². The summed E-state index contributed by atoms with van der Waals surface area (Å²) in [7, 11) is 0. The SMILES string of the molecule is CC(=O)O[C@H]1[C@H](O[C@H]2CC[C@]3(C)[C@H]4CC=C5[C@@H]6CC(C)(C)CC[C@]6(C(=O)O)CC[C@@]5(C)[C@]4(C)CC[C@H]3C2(C)C)O[C@H](CO)[C@@H](O)[C@@H]1O. The summed E-state index contributed by atoms with van der Waals surface area (Å²) in [5.74, 6) is -0.355. The Kier molecular flexibility index (Phi) is 8.65. The number of ether oxygens (including phenoxy) is 3. The number of fused-ring (bicyclic) bond motifs is 7. The molecular formula is C38H60O9. The van der Waals surface area contributed by atoms with E-state index in [1.165, 1.54) is 12.5 Å². The van der Waals surface area contributed by atoms with E-state index in [0.717, 1.165) is 64.2 Å². The van der Waals surface area contributed by atoms with Gasteiger partial charge in [-0.1, -0.05) is 60.1 Å². The maximum absolute atomic E-state index is 13.0. The lowest BCUT2D eigenvalue weighted by atomic mass is 9.33. The molecule has 5 fully saturated rings. The van der Waals surface area contributed by atoms with E-state index in [2.05, 4.69) is 54.5 Å². The third kappa shape index (κ3) is 5.10. The van der Waals surface area contributed by atoms with E-state index in [0.29, 0.717) is 11.8 Å². The predicted octanol–water partition coefficient (Wildman–Crippen LogP) is 5.63. The highest BCUT2D eigenvalue weighted by Gasteiger charge is 2.69. The van der Waals surface area contributed by atoms with Crippen LogP contribution in [0.4, 0.5) is 0 Å². The Morgan fingerprint density at radius 2 is 1.60 bits per heavy atom. The summed E-state index contributed by atoms with van der Waals surface area (Å²) < 4.78 is 18.0.